The van der Waals surface area contributed by atoms with Gasteiger partial charge in [-0.25, -0.2) is 4.79 Å². The first-order chi connectivity index (χ1) is 15.0. The molecule has 32 heavy (non-hydrogen) atoms. The molecule has 0 fully saturated rings. The molecule has 0 spiro atoms. The van der Waals surface area contributed by atoms with E-state index in [9.17, 15) is 19.8 Å². The normalized spacial score (nSPS) is 12.3. The van der Waals surface area contributed by atoms with E-state index in [1.807, 2.05) is 36.6 Å². The first-order valence-corrected chi connectivity index (χ1v) is 11.2. The van der Waals surface area contributed by atoms with Crippen molar-refractivity contribution in [3.8, 4) is 11.1 Å². The number of carbonyl (C=O) groups excluding carboxylic acids is 1. The van der Waals surface area contributed by atoms with Crippen molar-refractivity contribution in [1.29, 1.82) is 0 Å². The van der Waals surface area contributed by atoms with Crippen molar-refractivity contribution >= 4 is 53.2 Å². The van der Waals surface area contributed by atoms with Crippen molar-refractivity contribution < 1.29 is 19.8 Å². The third-order valence-corrected chi connectivity index (χ3v) is 5.57. The van der Waals surface area contributed by atoms with Gasteiger partial charge in [0.1, 0.15) is 12.1 Å². The number of pyridine rings is 1. The number of carboxylic acid groups (broad SMARTS) is 1. The first kappa shape index (κ1) is 26.1. The van der Waals surface area contributed by atoms with Gasteiger partial charge >= 0.3 is 35.5 Å². The Labute approximate surface area is 213 Å². The maximum atomic E-state index is 13.0. The third kappa shape index (κ3) is 6.67. The molecule has 162 valence electrons. The monoisotopic (exact) mass is 460 g/mol. The average molecular weight is 461 g/mol. The van der Waals surface area contributed by atoms with E-state index in [1.165, 1.54) is 11.8 Å². The summed E-state index contributed by atoms with van der Waals surface area (Å²) in [6.45, 7) is 0. The summed E-state index contributed by atoms with van der Waals surface area (Å²) in [5.41, 5.74) is 3.09. The van der Waals surface area contributed by atoms with Gasteiger partial charge in [-0.3, -0.25) is 9.78 Å². The fourth-order valence-electron chi connectivity index (χ4n) is 3.25. The molecule has 0 saturated heterocycles. The van der Waals surface area contributed by atoms with Crippen LogP contribution in [-0.4, -0.2) is 74.7 Å². The van der Waals surface area contributed by atoms with Gasteiger partial charge in [0.25, 0.3) is 5.91 Å². The van der Waals surface area contributed by atoms with E-state index in [2.05, 4.69) is 10.3 Å². The molecule has 3 rings (SSSR count). The summed E-state index contributed by atoms with van der Waals surface area (Å²) >= 11 is 1.53. The van der Waals surface area contributed by atoms with Crippen LogP contribution in [0.5, 0.6) is 0 Å². The van der Waals surface area contributed by atoms with Crippen LogP contribution in [0.4, 0.5) is 0 Å². The molecule has 3 N–H and O–H groups in total. The van der Waals surface area contributed by atoms with E-state index in [1.54, 1.807) is 42.7 Å². The van der Waals surface area contributed by atoms with E-state index < -0.39 is 24.0 Å². The van der Waals surface area contributed by atoms with Crippen LogP contribution in [0.25, 0.3) is 11.1 Å². The van der Waals surface area contributed by atoms with Crippen LogP contribution >= 0.6 is 11.8 Å². The molecule has 2 aromatic carbocycles. The third-order valence-electron chi connectivity index (χ3n) is 4.92. The van der Waals surface area contributed by atoms with Crippen LogP contribution in [0.15, 0.2) is 73.1 Å². The van der Waals surface area contributed by atoms with Gasteiger partial charge in [0.05, 0.1) is 0 Å². The van der Waals surface area contributed by atoms with E-state index in [0.29, 0.717) is 34.4 Å². The van der Waals surface area contributed by atoms with Gasteiger partial charge in [0.2, 0.25) is 0 Å². The number of benzene rings is 2. The van der Waals surface area contributed by atoms with E-state index in [4.69, 9.17) is 0 Å². The number of hydrogen-bond donors (Lipinski definition) is 3. The Morgan fingerprint density at radius 1 is 1.03 bits per heavy atom. The van der Waals surface area contributed by atoms with Crippen LogP contribution in [0.3, 0.4) is 0 Å². The van der Waals surface area contributed by atoms with Crippen molar-refractivity contribution in [1.82, 2.24) is 10.3 Å². The predicted octanol–water partition coefficient (Wildman–Crippen LogP) is 3.12. The van der Waals surface area contributed by atoms with Crippen molar-refractivity contribution in [2.24, 2.45) is 0 Å². The standard InChI is InChI=1S/C24H24N2O4S.Na.H/c1-31-14-11-21(24(29)30)26-23(28)19-8-7-18(22(27)17-9-12-25-13-10-17)15-20(19)16-5-3-2-4-6-16;;/h2-10,12-13,15,21-22,27H,11,14H2,1H3,(H,26,28)(H,29,30);;. The van der Waals surface area contributed by atoms with E-state index >= 15 is 0 Å². The summed E-state index contributed by atoms with van der Waals surface area (Å²) in [5, 5.41) is 22.9. The quantitative estimate of drug-likeness (QED) is 0.425. The number of aliphatic hydroxyl groups is 1. The summed E-state index contributed by atoms with van der Waals surface area (Å²) in [6.07, 6.45) is 4.57. The zero-order valence-corrected chi connectivity index (χ0v) is 17.9. The van der Waals surface area contributed by atoms with Crippen LogP contribution in [0.2, 0.25) is 0 Å². The molecule has 0 aliphatic heterocycles. The molecule has 1 heterocycles. The number of hydrogen-bond acceptors (Lipinski definition) is 5. The Bertz CT molecular complexity index is 1030. The number of aliphatic hydroxyl groups excluding tert-OH is 1. The van der Waals surface area contributed by atoms with Crippen LogP contribution in [0.1, 0.15) is 34.0 Å². The Hall–Kier alpha value is -2.16. The molecule has 6 nitrogen and oxygen atoms in total. The van der Waals surface area contributed by atoms with Crippen molar-refractivity contribution in [2.75, 3.05) is 12.0 Å². The zero-order chi connectivity index (χ0) is 22.2. The number of aliphatic carboxylic acids is 1. The molecular formula is C24H25N2NaO4S. The average Bonchev–Trinajstić information content (AvgIpc) is 2.81. The van der Waals surface area contributed by atoms with Gasteiger partial charge in [-0.05, 0) is 64.9 Å². The zero-order valence-electron chi connectivity index (χ0n) is 17.1. The molecule has 0 radical (unpaired) electrons. The second kappa shape index (κ2) is 12.8. The molecule has 2 atom stereocenters. The molecule has 0 aliphatic rings. The van der Waals surface area contributed by atoms with Gasteiger partial charge in [-0.2, -0.15) is 11.8 Å². The van der Waals surface area contributed by atoms with Crippen molar-refractivity contribution in [3.63, 3.8) is 0 Å². The minimum absolute atomic E-state index is 0. The Balaban J connectivity index is 0.00000363. The Morgan fingerprint density at radius 3 is 2.34 bits per heavy atom. The van der Waals surface area contributed by atoms with E-state index in [-0.39, 0.29) is 29.6 Å². The van der Waals surface area contributed by atoms with Crippen LogP contribution in [0, 0.1) is 0 Å². The van der Waals surface area contributed by atoms with Crippen molar-refractivity contribution in [3.05, 3.63) is 89.7 Å². The molecule has 1 amide bonds. The van der Waals surface area contributed by atoms with Crippen molar-refractivity contribution in [2.45, 2.75) is 18.6 Å². The molecular weight excluding hydrogens is 435 g/mol. The Kier molecular flexibility index (Phi) is 10.4. The molecule has 0 saturated carbocycles. The minimum atomic E-state index is -1.06. The summed E-state index contributed by atoms with van der Waals surface area (Å²) in [5.74, 6) is -0.898. The van der Waals surface area contributed by atoms with Gasteiger partial charge in [0.15, 0.2) is 0 Å². The molecule has 1 aromatic heterocycles. The van der Waals surface area contributed by atoms with Crippen LogP contribution < -0.4 is 5.32 Å². The topological polar surface area (TPSA) is 99.5 Å². The second-order valence-corrected chi connectivity index (χ2v) is 7.99. The molecule has 8 heteroatoms. The number of nitrogens with zero attached hydrogens (tertiary/aromatic N) is 1. The number of thioether (sulfide) groups is 1. The molecule has 2 unspecified atom stereocenters. The SMILES string of the molecule is CSCCC(NC(=O)c1ccc(C(O)c2ccncc2)cc1-c1ccccc1)C(=O)O.[NaH]. The van der Waals surface area contributed by atoms with Gasteiger partial charge in [0, 0.05) is 18.0 Å². The van der Waals surface area contributed by atoms with Gasteiger partial charge < -0.3 is 15.5 Å². The number of nitrogens with one attached hydrogen (secondary N) is 1. The second-order valence-electron chi connectivity index (χ2n) is 7.00. The number of aromatic nitrogens is 1. The summed E-state index contributed by atoms with van der Waals surface area (Å²) in [4.78, 5) is 28.6. The molecule has 3 aromatic rings. The number of carbonyl (C=O) groups is 2. The Morgan fingerprint density at radius 2 is 1.72 bits per heavy atom. The first-order valence-electron chi connectivity index (χ1n) is 9.81. The van der Waals surface area contributed by atoms with Gasteiger partial charge in [-0.15, -0.1) is 0 Å². The van der Waals surface area contributed by atoms with Gasteiger partial charge in [-0.1, -0.05) is 36.4 Å². The number of rotatable bonds is 9. The number of carboxylic acids is 1. The summed E-state index contributed by atoms with van der Waals surface area (Å²) in [6, 6.07) is 16.9. The molecule has 0 bridgehead atoms. The predicted molar refractivity (Wildman–Crippen MR) is 129 cm³/mol. The summed E-state index contributed by atoms with van der Waals surface area (Å²) < 4.78 is 0. The van der Waals surface area contributed by atoms with E-state index in [0.717, 1.165) is 5.56 Å². The maximum absolute atomic E-state index is 13.0. The summed E-state index contributed by atoms with van der Waals surface area (Å²) in [7, 11) is 0. The fourth-order valence-corrected chi connectivity index (χ4v) is 3.73. The molecule has 0 aliphatic carbocycles. The fraction of sp³-hybridized carbons (Fsp3) is 0.208. The van der Waals surface area contributed by atoms with Crippen LogP contribution in [-0.2, 0) is 4.79 Å². The number of amides is 1.